The molecule has 9 heavy (non-hydrogen) atoms. The van der Waals surface area contributed by atoms with Crippen LogP contribution in [-0.2, 0) is 4.31 Å². The molecule has 7 nitrogen and oxygen atoms in total. The fourth-order valence-electron chi connectivity index (χ4n) is 0.147. The van der Waals surface area contributed by atoms with E-state index in [2.05, 4.69) is 4.31 Å². The van der Waals surface area contributed by atoms with Crippen LogP contribution in [0.4, 0.5) is 0 Å². The predicted octanol–water partition coefficient (Wildman–Crippen LogP) is -1.69. The molecule has 0 bridgehead atoms. The molecule has 0 aliphatic heterocycles. The van der Waals surface area contributed by atoms with Gasteiger partial charge in [-0.3, -0.25) is 0 Å². The summed E-state index contributed by atoms with van der Waals surface area (Å²) in [5, 5.41) is 0. The van der Waals surface area contributed by atoms with Gasteiger partial charge in [-0.1, -0.05) is 0 Å². The third kappa shape index (κ3) is 8.58. The Bertz CT molecular complexity index is 72.1. The monoisotopic (exact) mass is 180 g/mol. The van der Waals surface area contributed by atoms with Crippen LogP contribution in [0.25, 0.3) is 0 Å². The minimum absolute atomic E-state index is 3.18. The fourth-order valence-corrected chi connectivity index (χ4v) is 1.32. The lowest BCUT2D eigenvalue weighted by atomic mass is 15.7. The number of hydrogen-bond donors (Lipinski definition) is 6. The normalized spacial score (nSPS) is 14.0. The van der Waals surface area contributed by atoms with Crippen molar-refractivity contribution in [1.29, 1.82) is 0 Å². The SMILES string of the molecule is O[P+](O)(O)O[P+](O)(O)O. The van der Waals surface area contributed by atoms with E-state index in [1.165, 1.54) is 0 Å². The highest BCUT2D eigenvalue weighted by Crippen LogP contribution is 2.63. The summed E-state index contributed by atoms with van der Waals surface area (Å²) in [4.78, 5) is 47.4. The molecule has 0 aromatic rings. The molecule has 0 aromatic heterocycles. The zero-order valence-electron chi connectivity index (χ0n) is 3.99. The molecule has 0 atom stereocenters. The predicted molar refractivity (Wildman–Crippen MR) is 28.2 cm³/mol. The summed E-state index contributed by atoms with van der Waals surface area (Å²) in [6.45, 7) is 0. The van der Waals surface area contributed by atoms with E-state index < -0.39 is 16.3 Å². The lowest BCUT2D eigenvalue weighted by Gasteiger charge is -1.99. The molecule has 0 aromatic carbocycles. The summed E-state index contributed by atoms with van der Waals surface area (Å²) >= 11 is 0. The first-order chi connectivity index (χ1) is 3.71. The van der Waals surface area contributed by atoms with Crippen molar-refractivity contribution in [2.75, 3.05) is 0 Å². The van der Waals surface area contributed by atoms with Crippen molar-refractivity contribution in [3.05, 3.63) is 0 Å². The second-order valence-electron chi connectivity index (χ2n) is 1.11. The van der Waals surface area contributed by atoms with Gasteiger partial charge in [-0.25, -0.2) is 0 Å². The van der Waals surface area contributed by atoms with E-state index in [0.29, 0.717) is 0 Å². The van der Waals surface area contributed by atoms with Crippen LogP contribution in [0.3, 0.4) is 0 Å². The molecular weight excluding hydrogens is 174 g/mol. The van der Waals surface area contributed by atoms with Gasteiger partial charge in [-0.05, 0) is 0 Å². The van der Waals surface area contributed by atoms with E-state index in [1.54, 1.807) is 0 Å². The zero-order chi connectivity index (χ0) is 7.71. The Kier molecular flexibility index (Phi) is 2.85. The van der Waals surface area contributed by atoms with Crippen LogP contribution in [0.15, 0.2) is 0 Å². The van der Waals surface area contributed by atoms with Crippen LogP contribution >= 0.6 is 16.3 Å². The third-order valence-corrected chi connectivity index (χ3v) is 1.97. The molecule has 0 spiro atoms. The second kappa shape index (κ2) is 2.67. The average molecular weight is 180 g/mol. The fraction of sp³-hybridized carbons (Fsp3) is 0. The highest BCUT2D eigenvalue weighted by atomic mass is 31.3. The summed E-state index contributed by atoms with van der Waals surface area (Å²) < 4.78 is 3.18. The number of hydrogen-bond acceptors (Lipinski definition) is 7. The summed E-state index contributed by atoms with van der Waals surface area (Å²) in [5.74, 6) is 0. The summed E-state index contributed by atoms with van der Waals surface area (Å²) in [5.41, 5.74) is 0. The van der Waals surface area contributed by atoms with E-state index >= 15 is 0 Å². The van der Waals surface area contributed by atoms with Gasteiger partial charge in [0, 0.05) is 0 Å². The molecule has 0 fully saturated rings. The Labute approximate surface area is 51.1 Å². The number of rotatable bonds is 2. The zero-order valence-corrected chi connectivity index (χ0v) is 5.77. The lowest BCUT2D eigenvalue weighted by molar-refractivity contribution is 0.172. The largest absolute Gasteiger partial charge is 0.617 e. The van der Waals surface area contributed by atoms with Crippen molar-refractivity contribution >= 4 is 16.3 Å². The molecular formula is H6O7P2+2. The molecule has 6 N–H and O–H groups in total. The Hall–Kier alpha value is 0.580. The molecule has 0 radical (unpaired) electrons. The Morgan fingerprint density at radius 1 is 0.667 bits per heavy atom. The van der Waals surface area contributed by atoms with Crippen molar-refractivity contribution in [1.82, 2.24) is 0 Å². The van der Waals surface area contributed by atoms with Gasteiger partial charge in [-0.2, -0.15) is 29.4 Å². The van der Waals surface area contributed by atoms with Gasteiger partial charge in [-0.15, -0.1) is 0 Å². The minimum Gasteiger partial charge on any atom is -0.165 e. The third-order valence-electron chi connectivity index (χ3n) is 0.219. The van der Waals surface area contributed by atoms with Crippen LogP contribution in [0.2, 0.25) is 0 Å². The van der Waals surface area contributed by atoms with Crippen LogP contribution in [0, 0.1) is 0 Å². The highest BCUT2D eigenvalue weighted by Gasteiger charge is 2.55. The van der Waals surface area contributed by atoms with E-state index in [-0.39, 0.29) is 0 Å². The molecule has 0 saturated heterocycles. The highest BCUT2D eigenvalue weighted by molar-refractivity contribution is 7.66. The quantitative estimate of drug-likeness (QED) is 0.279. The van der Waals surface area contributed by atoms with E-state index in [0.717, 1.165) is 0 Å². The van der Waals surface area contributed by atoms with Gasteiger partial charge in [0.2, 0.25) is 0 Å². The van der Waals surface area contributed by atoms with Crippen molar-refractivity contribution in [3.8, 4) is 0 Å². The second-order valence-corrected chi connectivity index (χ2v) is 3.81. The Morgan fingerprint density at radius 2 is 0.889 bits per heavy atom. The molecule has 9 heteroatoms. The van der Waals surface area contributed by atoms with Crippen LogP contribution in [0.1, 0.15) is 0 Å². The first-order valence-corrected chi connectivity index (χ1v) is 4.70. The molecule has 0 aliphatic rings. The van der Waals surface area contributed by atoms with E-state index in [9.17, 15) is 0 Å². The standard InChI is InChI=1S/H6O7P2/c1-8(2,3)7-9(4,5)6/h1-6H/q+2. The van der Waals surface area contributed by atoms with Gasteiger partial charge >= 0.3 is 16.3 Å². The lowest BCUT2D eigenvalue weighted by Crippen LogP contribution is -1.97. The molecule has 0 amide bonds. The van der Waals surface area contributed by atoms with Crippen LogP contribution < -0.4 is 0 Å². The van der Waals surface area contributed by atoms with Gasteiger partial charge < -0.3 is 0 Å². The van der Waals surface area contributed by atoms with Crippen molar-refractivity contribution in [2.24, 2.45) is 0 Å². The molecule has 0 aliphatic carbocycles. The molecule has 0 heterocycles. The summed E-state index contributed by atoms with van der Waals surface area (Å²) in [6, 6.07) is 0. The van der Waals surface area contributed by atoms with Crippen LogP contribution in [0.5, 0.6) is 0 Å². The van der Waals surface area contributed by atoms with Crippen molar-refractivity contribution in [3.63, 3.8) is 0 Å². The minimum atomic E-state index is -4.74. The molecule has 56 valence electrons. The van der Waals surface area contributed by atoms with E-state index in [4.69, 9.17) is 29.4 Å². The molecule has 0 unspecified atom stereocenters. The average Bonchev–Trinajstić information content (AvgIpc) is 1.14. The Balaban J connectivity index is 3.75. The van der Waals surface area contributed by atoms with Gasteiger partial charge in [0.15, 0.2) is 0 Å². The Morgan fingerprint density at radius 3 is 0.889 bits per heavy atom. The molecule has 0 rings (SSSR count). The van der Waals surface area contributed by atoms with Gasteiger partial charge in [0.05, 0.1) is 4.31 Å². The topological polar surface area (TPSA) is 131 Å². The first kappa shape index (κ1) is 9.58. The van der Waals surface area contributed by atoms with Crippen LogP contribution in [-0.4, -0.2) is 29.4 Å². The van der Waals surface area contributed by atoms with Crippen molar-refractivity contribution in [2.45, 2.75) is 0 Å². The maximum Gasteiger partial charge on any atom is 0.617 e. The van der Waals surface area contributed by atoms with E-state index in [1.807, 2.05) is 0 Å². The smallest absolute Gasteiger partial charge is 0.165 e. The maximum atomic E-state index is 7.90. The summed E-state index contributed by atoms with van der Waals surface area (Å²) in [7, 11) is -9.48. The molecule has 0 saturated carbocycles. The summed E-state index contributed by atoms with van der Waals surface area (Å²) in [6.07, 6.45) is 0. The van der Waals surface area contributed by atoms with Gasteiger partial charge in [0.25, 0.3) is 0 Å². The van der Waals surface area contributed by atoms with Crippen molar-refractivity contribution < 1.29 is 33.7 Å². The first-order valence-electron chi connectivity index (χ1n) is 1.57. The van der Waals surface area contributed by atoms with Gasteiger partial charge in [0.1, 0.15) is 0 Å². The maximum absolute atomic E-state index is 7.90.